The van der Waals surface area contributed by atoms with Crippen molar-refractivity contribution in [1.82, 2.24) is 9.21 Å². The Bertz CT molecular complexity index is 980. The van der Waals surface area contributed by atoms with Gasteiger partial charge in [-0.2, -0.15) is 8.78 Å². The zero-order valence-corrected chi connectivity index (χ0v) is 18.0. The number of halogens is 2. The number of anilines is 1. The minimum atomic E-state index is -3.61. The number of carbonyl (C=O) groups excluding carboxylic acids is 1. The summed E-state index contributed by atoms with van der Waals surface area (Å²) in [6, 6.07) is 10.7. The summed E-state index contributed by atoms with van der Waals surface area (Å²) < 4.78 is 54.4. The fourth-order valence-electron chi connectivity index (χ4n) is 2.69. The zero-order chi connectivity index (χ0) is 22.5. The number of alkyl halides is 2. The molecular formula is C20H25F2N3O4S. The third kappa shape index (κ3) is 6.48. The predicted octanol–water partition coefficient (Wildman–Crippen LogP) is 2.92. The molecule has 2 aromatic rings. The number of sulfonamides is 1. The fraction of sp³-hybridized carbons (Fsp3) is 0.350. The molecule has 7 nitrogen and oxygen atoms in total. The average molecular weight is 442 g/mol. The van der Waals surface area contributed by atoms with Crippen molar-refractivity contribution in [3.8, 4) is 5.75 Å². The Hall–Kier alpha value is -2.56. The van der Waals surface area contributed by atoms with Gasteiger partial charge in [-0.25, -0.2) is 12.7 Å². The van der Waals surface area contributed by atoms with Crippen LogP contribution >= 0.6 is 0 Å². The first-order valence-corrected chi connectivity index (χ1v) is 10.5. The number of nitrogens with one attached hydrogen (secondary N) is 1. The van der Waals surface area contributed by atoms with Gasteiger partial charge in [0.1, 0.15) is 5.75 Å². The predicted molar refractivity (Wildman–Crippen MR) is 110 cm³/mol. The molecule has 1 amide bonds. The van der Waals surface area contributed by atoms with Gasteiger partial charge in [0.05, 0.1) is 11.4 Å². The van der Waals surface area contributed by atoms with E-state index in [-0.39, 0.29) is 23.1 Å². The summed E-state index contributed by atoms with van der Waals surface area (Å²) in [5.74, 6) is -0.241. The van der Waals surface area contributed by atoms with E-state index in [1.807, 2.05) is 0 Å². The van der Waals surface area contributed by atoms with Gasteiger partial charge < -0.3 is 10.1 Å². The summed E-state index contributed by atoms with van der Waals surface area (Å²) in [7, 11) is 1.00. The summed E-state index contributed by atoms with van der Waals surface area (Å²) in [6.07, 6.45) is 0. The molecule has 0 aliphatic heterocycles. The first-order chi connectivity index (χ1) is 14.0. The molecule has 1 N–H and O–H groups in total. The van der Waals surface area contributed by atoms with E-state index in [2.05, 4.69) is 10.1 Å². The highest BCUT2D eigenvalue weighted by molar-refractivity contribution is 7.89. The van der Waals surface area contributed by atoms with Gasteiger partial charge in [0, 0.05) is 26.3 Å². The lowest BCUT2D eigenvalue weighted by Gasteiger charge is -2.18. The molecule has 0 aliphatic rings. The maximum absolute atomic E-state index is 12.4. The van der Waals surface area contributed by atoms with Crippen molar-refractivity contribution in [3.05, 3.63) is 53.6 Å². The van der Waals surface area contributed by atoms with E-state index < -0.39 is 16.6 Å². The number of nitrogens with zero attached hydrogens (tertiary/aromatic N) is 2. The number of rotatable bonds is 9. The number of aryl methyl sites for hydroxylation is 1. The molecule has 0 atom stereocenters. The average Bonchev–Trinajstić information content (AvgIpc) is 2.64. The van der Waals surface area contributed by atoms with Crippen molar-refractivity contribution >= 4 is 21.6 Å². The highest BCUT2D eigenvalue weighted by Crippen LogP contribution is 2.22. The number of hydrogen-bond donors (Lipinski definition) is 1. The lowest BCUT2D eigenvalue weighted by molar-refractivity contribution is -0.117. The van der Waals surface area contributed by atoms with E-state index in [9.17, 15) is 22.0 Å². The number of amides is 1. The molecule has 0 unspecified atom stereocenters. The highest BCUT2D eigenvalue weighted by Gasteiger charge is 2.19. The summed E-state index contributed by atoms with van der Waals surface area (Å²) >= 11 is 0. The Morgan fingerprint density at radius 2 is 1.73 bits per heavy atom. The maximum Gasteiger partial charge on any atom is 0.387 e. The summed E-state index contributed by atoms with van der Waals surface area (Å²) in [5, 5.41) is 2.74. The van der Waals surface area contributed by atoms with Gasteiger partial charge in [-0.15, -0.1) is 0 Å². The Balaban J connectivity index is 2.00. The molecule has 10 heteroatoms. The van der Waals surface area contributed by atoms with E-state index in [4.69, 9.17) is 0 Å². The van der Waals surface area contributed by atoms with Gasteiger partial charge in [-0.1, -0.05) is 18.2 Å². The monoisotopic (exact) mass is 441 g/mol. The van der Waals surface area contributed by atoms with E-state index in [1.54, 1.807) is 37.1 Å². The van der Waals surface area contributed by atoms with Gasteiger partial charge in [0.2, 0.25) is 15.9 Å². The van der Waals surface area contributed by atoms with Crippen LogP contribution in [0.5, 0.6) is 5.75 Å². The van der Waals surface area contributed by atoms with Gasteiger partial charge in [-0.3, -0.25) is 9.69 Å². The standard InChI is InChI=1S/C20H25F2N3O4S/c1-14-5-10-17(30(27,28)24(2)3)11-18(14)23-19(26)13-25(4)12-15-6-8-16(9-7-15)29-20(21)22/h5-11,20H,12-13H2,1-4H3,(H,23,26). The Morgan fingerprint density at radius 1 is 1.10 bits per heavy atom. The molecule has 0 saturated heterocycles. The molecule has 0 aromatic heterocycles. The van der Waals surface area contributed by atoms with Gasteiger partial charge >= 0.3 is 6.61 Å². The Kier molecular flexibility index (Phi) is 7.88. The molecule has 0 bridgehead atoms. The van der Waals surface area contributed by atoms with Crippen LogP contribution in [0.25, 0.3) is 0 Å². The largest absolute Gasteiger partial charge is 0.435 e. The molecule has 164 valence electrons. The van der Waals surface area contributed by atoms with Crippen LogP contribution in [-0.2, 0) is 21.4 Å². The summed E-state index contributed by atoms with van der Waals surface area (Å²) in [6.45, 7) is -0.638. The quantitative estimate of drug-likeness (QED) is 0.647. The van der Waals surface area contributed by atoms with E-state index in [0.29, 0.717) is 12.2 Å². The zero-order valence-electron chi connectivity index (χ0n) is 17.2. The van der Waals surface area contributed by atoms with Crippen LogP contribution < -0.4 is 10.1 Å². The molecule has 2 rings (SSSR count). The molecule has 0 heterocycles. The van der Waals surface area contributed by atoms with Crippen molar-refractivity contribution in [3.63, 3.8) is 0 Å². The smallest absolute Gasteiger partial charge is 0.387 e. The summed E-state index contributed by atoms with van der Waals surface area (Å²) in [5.41, 5.74) is 1.98. The minimum absolute atomic E-state index is 0.0549. The van der Waals surface area contributed by atoms with Crippen molar-refractivity contribution < 1.29 is 26.7 Å². The van der Waals surface area contributed by atoms with Crippen molar-refractivity contribution in [2.24, 2.45) is 0 Å². The molecule has 30 heavy (non-hydrogen) atoms. The number of hydrogen-bond acceptors (Lipinski definition) is 5. The third-order valence-electron chi connectivity index (χ3n) is 4.28. The minimum Gasteiger partial charge on any atom is -0.435 e. The van der Waals surface area contributed by atoms with Crippen LogP contribution in [0.2, 0.25) is 0 Å². The van der Waals surface area contributed by atoms with Crippen molar-refractivity contribution in [2.75, 3.05) is 33.0 Å². The van der Waals surface area contributed by atoms with E-state index >= 15 is 0 Å². The maximum atomic E-state index is 12.4. The fourth-order valence-corrected chi connectivity index (χ4v) is 3.61. The second kappa shape index (κ2) is 9.96. The first kappa shape index (κ1) is 23.7. The molecule has 2 aromatic carbocycles. The van der Waals surface area contributed by atoms with Gasteiger partial charge in [-0.05, 0) is 49.4 Å². The third-order valence-corrected chi connectivity index (χ3v) is 6.09. The first-order valence-electron chi connectivity index (χ1n) is 9.04. The second-order valence-electron chi connectivity index (χ2n) is 7.01. The summed E-state index contributed by atoms with van der Waals surface area (Å²) in [4.78, 5) is 14.3. The van der Waals surface area contributed by atoms with Crippen LogP contribution in [0.4, 0.5) is 14.5 Å². The van der Waals surface area contributed by atoms with Crippen molar-refractivity contribution in [1.29, 1.82) is 0 Å². The molecule has 0 spiro atoms. The molecule has 0 aliphatic carbocycles. The van der Waals surface area contributed by atoms with Crippen LogP contribution in [0, 0.1) is 6.92 Å². The van der Waals surface area contributed by atoms with E-state index in [0.717, 1.165) is 15.4 Å². The molecule has 0 saturated carbocycles. The number of likely N-dealkylation sites (N-methyl/N-ethyl adjacent to an activating group) is 1. The van der Waals surface area contributed by atoms with E-state index in [1.165, 1.54) is 38.4 Å². The van der Waals surface area contributed by atoms with Crippen molar-refractivity contribution in [2.45, 2.75) is 25.0 Å². The van der Waals surface area contributed by atoms with Crippen LogP contribution in [0.15, 0.2) is 47.4 Å². The Labute approximate surface area is 175 Å². The van der Waals surface area contributed by atoms with Gasteiger partial charge in [0.25, 0.3) is 0 Å². The van der Waals surface area contributed by atoms with Crippen LogP contribution in [0.3, 0.4) is 0 Å². The van der Waals surface area contributed by atoms with Gasteiger partial charge in [0.15, 0.2) is 0 Å². The van der Waals surface area contributed by atoms with Crippen LogP contribution in [0.1, 0.15) is 11.1 Å². The topological polar surface area (TPSA) is 79.0 Å². The van der Waals surface area contributed by atoms with Crippen LogP contribution in [-0.4, -0.2) is 57.8 Å². The second-order valence-corrected chi connectivity index (χ2v) is 9.16. The lowest BCUT2D eigenvalue weighted by atomic mass is 10.2. The molecule has 0 radical (unpaired) electrons. The molecule has 0 fully saturated rings. The number of benzene rings is 2. The normalized spacial score (nSPS) is 11.9. The highest BCUT2D eigenvalue weighted by atomic mass is 32.2. The Morgan fingerprint density at radius 3 is 2.30 bits per heavy atom. The molecular weight excluding hydrogens is 416 g/mol. The number of carbonyl (C=O) groups is 1. The lowest BCUT2D eigenvalue weighted by Crippen LogP contribution is -2.30. The SMILES string of the molecule is Cc1ccc(S(=O)(=O)N(C)C)cc1NC(=O)CN(C)Cc1ccc(OC(F)F)cc1. The number of ether oxygens (including phenoxy) is 1.